The van der Waals surface area contributed by atoms with Crippen LogP contribution < -0.4 is 0 Å². The van der Waals surface area contributed by atoms with Gasteiger partial charge in [-0.3, -0.25) is 9.59 Å². The molecule has 0 aromatic heterocycles. The number of unbranched alkanes of at least 4 members (excludes halogenated alkanes) is 1. The summed E-state index contributed by atoms with van der Waals surface area (Å²) in [4.78, 5) is 23.7. The standard InChI is InChI=1S/C17H22O3S/c1-4-5-9-12-17(3,21-14(2)18)16(19)20-13-15-10-7-6-8-11-15/h6-12H,4-5,13H2,1-3H3/t17-/m0/s1. The van der Waals surface area contributed by atoms with E-state index in [0.29, 0.717) is 0 Å². The molecule has 0 N–H and O–H groups in total. The summed E-state index contributed by atoms with van der Waals surface area (Å²) in [5.74, 6) is -0.390. The first-order chi connectivity index (χ1) is 9.98. The third-order valence-electron chi connectivity index (χ3n) is 2.87. The third kappa shape index (κ3) is 6.17. The first-order valence-electron chi connectivity index (χ1n) is 7.06. The van der Waals surface area contributed by atoms with E-state index < -0.39 is 4.75 Å². The molecule has 0 amide bonds. The fourth-order valence-electron chi connectivity index (χ4n) is 1.78. The summed E-state index contributed by atoms with van der Waals surface area (Å²) in [7, 11) is 0. The molecule has 0 aliphatic rings. The highest BCUT2D eigenvalue weighted by Crippen LogP contribution is 2.29. The van der Waals surface area contributed by atoms with E-state index in [4.69, 9.17) is 4.74 Å². The van der Waals surface area contributed by atoms with Crippen molar-refractivity contribution in [2.45, 2.75) is 45.0 Å². The van der Waals surface area contributed by atoms with E-state index in [2.05, 4.69) is 6.92 Å². The summed E-state index contributed by atoms with van der Waals surface area (Å²) >= 11 is 0.995. The predicted molar refractivity (Wildman–Crippen MR) is 87.0 cm³/mol. The Kier molecular flexibility index (Phi) is 7.23. The Balaban J connectivity index is 2.72. The molecule has 0 spiro atoms. The van der Waals surface area contributed by atoms with Gasteiger partial charge in [0.15, 0.2) is 5.12 Å². The number of carbonyl (C=O) groups is 2. The fourth-order valence-corrected chi connectivity index (χ4v) is 2.69. The molecule has 3 nitrogen and oxygen atoms in total. The highest BCUT2D eigenvalue weighted by atomic mass is 32.2. The molecule has 114 valence electrons. The van der Waals surface area contributed by atoms with Crippen LogP contribution in [0.5, 0.6) is 0 Å². The molecule has 0 aliphatic carbocycles. The zero-order valence-corrected chi connectivity index (χ0v) is 13.6. The molecule has 1 atom stereocenters. The molecule has 0 fully saturated rings. The number of rotatable bonds is 7. The van der Waals surface area contributed by atoms with Crippen LogP contribution >= 0.6 is 11.8 Å². The summed E-state index contributed by atoms with van der Waals surface area (Å²) in [6.07, 6.45) is 5.58. The maximum atomic E-state index is 12.3. The third-order valence-corrected chi connectivity index (χ3v) is 3.88. The average molecular weight is 306 g/mol. The van der Waals surface area contributed by atoms with Gasteiger partial charge in [0.25, 0.3) is 0 Å². The minimum Gasteiger partial charge on any atom is -0.460 e. The number of esters is 1. The van der Waals surface area contributed by atoms with Crippen molar-refractivity contribution in [3.63, 3.8) is 0 Å². The smallest absolute Gasteiger partial charge is 0.326 e. The molecular weight excluding hydrogens is 284 g/mol. The number of thioether (sulfide) groups is 1. The molecule has 0 heterocycles. The van der Waals surface area contributed by atoms with E-state index in [9.17, 15) is 9.59 Å². The second-order valence-electron chi connectivity index (χ2n) is 4.95. The summed E-state index contributed by atoms with van der Waals surface area (Å²) in [5, 5.41) is -0.102. The molecule has 4 heteroatoms. The fraction of sp³-hybridized carbons (Fsp3) is 0.412. The molecule has 1 rings (SSSR count). The van der Waals surface area contributed by atoms with Crippen LogP contribution in [0.25, 0.3) is 0 Å². The van der Waals surface area contributed by atoms with Crippen LogP contribution in [0.1, 0.15) is 39.2 Å². The van der Waals surface area contributed by atoms with Gasteiger partial charge in [0.1, 0.15) is 11.4 Å². The van der Waals surface area contributed by atoms with Crippen LogP contribution in [0.15, 0.2) is 42.5 Å². The molecule has 1 aromatic rings. The molecule has 1 aromatic carbocycles. The lowest BCUT2D eigenvalue weighted by atomic mass is 10.1. The molecule has 0 bridgehead atoms. The van der Waals surface area contributed by atoms with Crippen molar-refractivity contribution in [2.24, 2.45) is 0 Å². The number of hydrogen-bond acceptors (Lipinski definition) is 4. The summed E-state index contributed by atoms with van der Waals surface area (Å²) in [6.45, 7) is 5.46. The Morgan fingerprint density at radius 3 is 2.52 bits per heavy atom. The highest BCUT2D eigenvalue weighted by Gasteiger charge is 2.34. The van der Waals surface area contributed by atoms with Gasteiger partial charge in [-0.1, -0.05) is 67.6 Å². The summed E-state index contributed by atoms with van der Waals surface area (Å²) in [6, 6.07) is 9.50. The second kappa shape index (κ2) is 8.67. The molecule has 0 aliphatic heterocycles. The van der Waals surface area contributed by atoms with E-state index in [-0.39, 0.29) is 17.7 Å². The molecule has 0 radical (unpaired) electrons. The maximum absolute atomic E-state index is 12.3. The zero-order valence-electron chi connectivity index (χ0n) is 12.8. The summed E-state index contributed by atoms with van der Waals surface area (Å²) in [5.41, 5.74) is 0.929. The van der Waals surface area contributed by atoms with Crippen molar-refractivity contribution in [3.05, 3.63) is 48.0 Å². The quantitative estimate of drug-likeness (QED) is 0.561. The van der Waals surface area contributed by atoms with Crippen molar-refractivity contribution in [2.75, 3.05) is 0 Å². The number of ether oxygens (including phenoxy) is 1. The second-order valence-corrected chi connectivity index (χ2v) is 6.58. The molecule has 0 saturated carbocycles. The Hall–Kier alpha value is -1.55. The van der Waals surface area contributed by atoms with Gasteiger partial charge in [-0.25, -0.2) is 0 Å². The molecule has 0 saturated heterocycles. The van der Waals surface area contributed by atoms with Gasteiger partial charge < -0.3 is 4.74 Å². The largest absolute Gasteiger partial charge is 0.460 e. The lowest BCUT2D eigenvalue weighted by Gasteiger charge is -2.22. The van der Waals surface area contributed by atoms with Gasteiger partial charge in [-0.15, -0.1) is 0 Å². The minimum atomic E-state index is -0.963. The SMILES string of the molecule is CCCC=C[C@](C)(SC(C)=O)C(=O)OCc1ccccc1. The molecule has 0 unspecified atom stereocenters. The van der Waals surface area contributed by atoms with E-state index in [1.165, 1.54) is 6.92 Å². The van der Waals surface area contributed by atoms with Gasteiger partial charge in [0.05, 0.1) is 0 Å². The van der Waals surface area contributed by atoms with Crippen LogP contribution in [0, 0.1) is 0 Å². The normalized spacial score (nSPS) is 13.9. The number of benzene rings is 1. The van der Waals surface area contributed by atoms with Gasteiger partial charge in [0.2, 0.25) is 0 Å². The maximum Gasteiger partial charge on any atom is 0.326 e. The van der Waals surface area contributed by atoms with Crippen molar-refractivity contribution in [1.29, 1.82) is 0 Å². The highest BCUT2D eigenvalue weighted by molar-refractivity contribution is 8.15. The van der Waals surface area contributed by atoms with E-state index in [0.717, 1.165) is 30.2 Å². The van der Waals surface area contributed by atoms with E-state index >= 15 is 0 Å². The van der Waals surface area contributed by atoms with Crippen molar-refractivity contribution in [3.8, 4) is 0 Å². The van der Waals surface area contributed by atoms with Crippen LogP contribution in [0.4, 0.5) is 0 Å². The van der Waals surface area contributed by atoms with Crippen LogP contribution in [0.3, 0.4) is 0 Å². The lowest BCUT2D eigenvalue weighted by Crippen LogP contribution is -2.32. The Labute approximate surface area is 130 Å². The Bertz CT molecular complexity index is 496. The van der Waals surface area contributed by atoms with E-state index in [1.54, 1.807) is 13.0 Å². The topological polar surface area (TPSA) is 43.4 Å². The van der Waals surface area contributed by atoms with Crippen LogP contribution in [-0.4, -0.2) is 15.8 Å². The van der Waals surface area contributed by atoms with Crippen LogP contribution in [0.2, 0.25) is 0 Å². The van der Waals surface area contributed by atoms with Gasteiger partial charge in [-0.05, 0) is 18.9 Å². The van der Waals surface area contributed by atoms with Crippen molar-refractivity contribution < 1.29 is 14.3 Å². The lowest BCUT2D eigenvalue weighted by molar-refractivity contribution is -0.146. The first-order valence-corrected chi connectivity index (χ1v) is 7.88. The summed E-state index contributed by atoms with van der Waals surface area (Å²) < 4.78 is 4.40. The molecular formula is C17H22O3S. The number of allylic oxidation sites excluding steroid dienone is 1. The number of carbonyl (C=O) groups excluding carboxylic acids is 2. The zero-order chi connectivity index (χ0) is 15.7. The van der Waals surface area contributed by atoms with Gasteiger partial charge in [-0.2, -0.15) is 0 Å². The van der Waals surface area contributed by atoms with E-state index in [1.807, 2.05) is 36.4 Å². The Morgan fingerprint density at radius 1 is 1.29 bits per heavy atom. The molecule has 21 heavy (non-hydrogen) atoms. The predicted octanol–water partition coefficient (Wildman–Crippen LogP) is 4.12. The van der Waals surface area contributed by atoms with Crippen molar-refractivity contribution >= 4 is 22.8 Å². The van der Waals surface area contributed by atoms with Gasteiger partial charge in [0, 0.05) is 6.92 Å². The monoisotopic (exact) mass is 306 g/mol. The average Bonchev–Trinajstić information content (AvgIpc) is 2.45. The minimum absolute atomic E-state index is 0.102. The number of hydrogen-bond donors (Lipinski definition) is 0. The first kappa shape index (κ1) is 17.5. The van der Waals surface area contributed by atoms with Gasteiger partial charge >= 0.3 is 5.97 Å². The van der Waals surface area contributed by atoms with Crippen LogP contribution in [-0.2, 0) is 20.9 Å². The Morgan fingerprint density at radius 2 is 1.95 bits per heavy atom. The van der Waals surface area contributed by atoms with Crippen molar-refractivity contribution in [1.82, 2.24) is 0 Å².